The van der Waals surface area contributed by atoms with Crippen molar-refractivity contribution >= 4 is 6.09 Å². The Morgan fingerprint density at radius 2 is 1.87 bits per heavy atom. The van der Waals surface area contributed by atoms with Crippen molar-refractivity contribution in [3.05, 3.63) is 12.2 Å². The van der Waals surface area contributed by atoms with Crippen LogP contribution in [0.2, 0.25) is 0 Å². The number of alkyl carbamates (subject to hydrolysis) is 1. The molecule has 0 aliphatic rings. The van der Waals surface area contributed by atoms with E-state index in [-0.39, 0.29) is 12.1 Å². The highest BCUT2D eigenvalue weighted by Gasteiger charge is 2.19. The van der Waals surface area contributed by atoms with E-state index in [0.717, 1.165) is 0 Å². The van der Waals surface area contributed by atoms with Gasteiger partial charge in [-0.25, -0.2) is 4.79 Å². The molecule has 0 radical (unpaired) electrons. The van der Waals surface area contributed by atoms with Gasteiger partial charge in [-0.3, -0.25) is 0 Å². The van der Waals surface area contributed by atoms with Crippen LogP contribution in [0.15, 0.2) is 12.2 Å². The predicted octanol–water partition coefficient (Wildman–Crippen LogP) is 3.11. The lowest BCUT2D eigenvalue weighted by molar-refractivity contribution is 0.0504. The maximum Gasteiger partial charge on any atom is 0.408 e. The van der Waals surface area contributed by atoms with Crippen LogP contribution < -0.4 is 5.32 Å². The van der Waals surface area contributed by atoms with Gasteiger partial charge >= 0.3 is 6.09 Å². The van der Waals surface area contributed by atoms with Crippen LogP contribution >= 0.6 is 0 Å². The Labute approximate surface area is 92.9 Å². The quantitative estimate of drug-likeness (QED) is 0.731. The summed E-state index contributed by atoms with van der Waals surface area (Å²) < 4.78 is 5.18. The Balaban J connectivity index is 4.24. The van der Waals surface area contributed by atoms with Crippen molar-refractivity contribution in [1.82, 2.24) is 5.32 Å². The fourth-order valence-electron chi connectivity index (χ4n) is 1.09. The van der Waals surface area contributed by atoms with Crippen LogP contribution in [0.3, 0.4) is 0 Å². The Hall–Kier alpha value is -0.990. The molecule has 0 bridgehead atoms. The molecule has 1 atom stereocenters. The van der Waals surface area contributed by atoms with Crippen molar-refractivity contribution in [1.29, 1.82) is 0 Å². The molecule has 3 nitrogen and oxygen atoms in total. The summed E-state index contributed by atoms with van der Waals surface area (Å²) in [6, 6.07) is 0.0323. The average Bonchev–Trinajstić information content (AvgIpc) is 1.99. The fraction of sp³-hybridized carbons (Fsp3) is 0.750. The minimum Gasteiger partial charge on any atom is -0.444 e. The second-order valence-electron chi connectivity index (χ2n) is 4.94. The zero-order valence-electron chi connectivity index (χ0n) is 10.6. The van der Waals surface area contributed by atoms with Gasteiger partial charge in [0, 0.05) is 0 Å². The molecular weight excluding hydrogens is 190 g/mol. The SMILES string of the molecule is CC=C[C@@H](NC(=O)OC(C)(C)C)C(C)C. The molecule has 0 aromatic heterocycles. The average molecular weight is 213 g/mol. The van der Waals surface area contributed by atoms with Crippen molar-refractivity contribution in [3.8, 4) is 0 Å². The predicted molar refractivity (Wildman–Crippen MR) is 62.8 cm³/mol. The molecule has 88 valence electrons. The van der Waals surface area contributed by atoms with Crippen molar-refractivity contribution in [3.63, 3.8) is 0 Å². The van der Waals surface area contributed by atoms with Gasteiger partial charge in [-0.05, 0) is 33.6 Å². The summed E-state index contributed by atoms with van der Waals surface area (Å²) in [5, 5.41) is 2.83. The van der Waals surface area contributed by atoms with E-state index >= 15 is 0 Å². The van der Waals surface area contributed by atoms with Crippen LogP contribution in [0.25, 0.3) is 0 Å². The second kappa shape index (κ2) is 5.79. The molecule has 0 fully saturated rings. The van der Waals surface area contributed by atoms with Crippen molar-refractivity contribution in [2.75, 3.05) is 0 Å². The third-order valence-corrected chi connectivity index (χ3v) is 1.80. The van der Waals surface area contributed by atoms with Gasteiger partial charge in [-0.15, -0.1) is 0 Å². The smallest absolute Gasteiger partial charge is 0.408 e. The number of ether oxygens (including phenoxy) is 1. The number of amides is 1. The number of carbonyl (C=O) groups excluding carboxylic acids is 1. The highest BCUT2D eigenvalue weighted by Crippen LogP contribution is 2.09. The summed E-state index contributed by atoms with van der Waals surface area (Å²) in [4.78, 5) is 11.5. The lowest BCUT2D eigenvalue weighted by atomic mass is 10.0. The number of allylic oxidation sites excluding steroid dienone is 1. The first-order valence-corrected chi connectivity index (χ1v) is 5.38. The standard InChI is InChI=1S/C12H23NO2/c1-7-8-10(9(2)3)13-11(14)15-12(4,5)6/h7-10H,1-6H3,(H,13,14)/t10-/m1/s1. The maximum absolute atomic E-state index is 11.5. The highest BCUT2D eigenvalue weighted by molar-refractivity contribution is 5.68. The second-order valence-corrected chi connectivity index (χ2v) is 4.94. The minimum absolute atomic E-state index is 0.0323. The lowest BCUT2D eigenvalue weighted by Crippen LogP contribution is -2.40. The molecule has 0 heterocycles. The monoisotopic (exact) mass is 213 g/mol. The molecule has 0 aromatic carbocycles. The number of rotatable bonds is 3. The van der Waals surface area contributed by atoms with E-state index in [2.05, 4.69) is 19.2 Å². The Kier molecular flexibility index (Phi) is 5.40. The molecule has 0 aliphatic carbocycles. The first-order chi connectivity index (χ1) is 6.76. The van der Waals surface area contributed by atoms with E-state index in [1.54, 1.807) is 0 Å². The van der Waals surface area contributed by atoms with Gasteiger partial charge in [0.15, 0.2) is 0 Å². The molecule has 0 saturated heterocycles. The number of hydrogen-bond acceptors (Lipinski definition) is 2. The number of hydrogen-bond donors (Lipinski definition) is 1. The van der Waals surface area contributed by atoms with E-state index in [0.29, 0.717) is 5.92 Å². The zero-order chi connectivity index (χ0) is 12.1. The van der Waals surface area contributed by atoms with Gasteiger partial charge in [0.2, 0.25) is 0 Å². The third kappa shape index (κ3) is 7.00. The summed E-state index contributed by atoms with van der Waals surface area (Å²) in [5.41, 5.74) is -0.443. The molecule has 0 aromatic rings. The van der Waals surface area contributed by atoms with E-state index < -0.39 is 5.60 Å². The van der Waals surface area contributed by atoms with Gasteiger partial charge in [-0.1, -0.05) is 26.0 Å². The maximum atomic E-state index is 11.5. The molecule has 3 heteroatoms. The molecular formula is C12H23NO2. The Morgan fingerprint density at radius 3 is 2.20 bits per heavy atom. The topological polar surface area (TPSA) is 38.3 Å². The van der Waals surface area contributed by atoms with E-state index in [1.165, 1.54) is 0 Å². The summed E-state index contributed by atoms with van der Waals surface area (Å²) in [7, 11) is 0. The Morgan fingerprint density at radius 1 is 1.33 bits per heavy atom. The van der Waals surface area contributed by atoms with E-state index in [9.17, 15) is 4.79 Å². The molecule has 0 aliphatic heterocycles. The highest BCUT2D eigenvalue weighted by atomic mass is 16.6. The summed E-state index contributed by atoms with van der Waals surface area (Å²) in [5.74, 6) is 0.355. The normalized spacial score (nSPS) is 14.3. The van der Waals surface area contributed by atoms with Crippen LogP contribution in [-0.2, 0) is 4.74 Å². The number of nitrogens with one attached hydrogen (secondary N) is 1. The minimum atomic E-state index is -0.443. The molecule has 0 saturated carbocycles. The van der Waals surface area contributed by atoms with Gasteiger partial charge in [0.1, 0.15) is 5.60 Å². The molecule has 0 rings (SSSR count). The molecule has 1 amide bonds. The summed E-state index contributed by atoms with van der Waals surface area (Å²) in [6.45, 7) is 11.6. The first kappa shape index (κ1) is 14.0. The van der Waals surface area contributed by atoms with Crippen LogP contribution in [0.5, 0.6) is 0 Å². The molecule has 0 spiro atoms. The van der Waals surface area contributed by atoms with Crippen LogP contribution in [0, 0.1) is 5.92 Å². The van der Waals surface area contributed by atoms with Crippen molar-refractivity contribution < 1.29 is 9.53 Å². The van der Waals surface area contributed by atoms with E-state index in [4.69, 9.17) is 4.74 Å². The van der Waals surface area contributed by atoms with Crippen molar-refractivity contribution in [2.45, 2.75) is 53.2 Å². The number of carbonyl (C=O) groups is 1. The lowest BCUT2D eigenvalue weighted by Gasteiger charge is -2.23. The van der Waals surface area contributed by atoms with Crippen LogP contribution in [0.1, 0.15) is 41.5 Å². The van der Waals surface area contributed by atoms with Gasteiger partial charge in [0.05, 0.1) is 6.04 Å². The van der Waals surface area contributed by atoms with Crippen molar-refractivity contribution in [2.24, 2.45) is 5.92 Å². The first-order valence-electron chi connectivity index (χ1n) is 5.38. The molecule has 1 N–H and O–H groups in total. The van der Waals surface area contributed by atoms with Gasteiger partial charge in [0.25, 0.3) is 0 Å². The van der Waals surface area contributed by atoms with E-state index in [1.807, 2.05) is 39.8 Å². The van der Waals surface area contributed by atoms with Crippen LogP contribution in [-0.4, -0.2) is 17.7 Å². The van der Waals surface area contributed by atoms with Gasteiger partial charge < -0.3 is 10.1 Å². The molecule has 0 unspecified atom stereocenters. The fourth-order valence-corrected chi connectivity index (χ4v) is 1.09. The summed E-state index contributed by atoms with van der Waals surface area (Å²) in [6.07, 6.45) is 3.54. The zero-order valence-corrected chi connectivity index (χ0v) is 10.6. The van der Waals surface area contributed by atoms with Gasteiger partial charge in [-0.2, -0.15) is 0 Å². The Bertz CT molecular complexity index is 226. The molecule has 15 heavy (non-hydrogen) atoms. The third-order valence-electron chi connectivity index (χ3n) is 1.80. The van der Waals surface area contributed by atoms with Crippen LogP contribution in [0.4, 0.5) is 4.79 Å². The summed E-state index contributed by atoms with van der Waals surface area (Å²) >= 11 is 0. The largest absolute Gasteiger partial charge is 0.444 e.